The van der Waals surface area contributed by atoms with E-state index in [0.29, 0.717) is 41.4 Å². The van der Waals surface area contributed by atoms with Crippen LogP contribution in [0.1, 0.15) is 10.5 Å². The highest BCUT2D eigenvalue weighted by Crippen LogP contribution is 2.32. The van der Waals surface area contributed by atoms with Crippen LogP contribution in [0.2, 0.25) is 5.02 Å². The Morgan fingerprint density at radius 2 is 1.70 bits per heavy atom. The summed E-state index contributed by atoms with van der Waals surface area (Å²) in [6.45, 7) is 0.999. The lowest BCUT2D eigenvalue weighted by atomic mass is 10.2. The van der Waals surface area contributed by atoms with Crippen molar-refractivity contribution in [3.8, 4) is 11.5 Å². The van der Waals surface area contributed by atoms with Crippen molar-refractivity contribution in [3.05, 3.63) is 65.4 Å². The number of aromatic nitrogens is 2. The molecule has 136 valence electrons. The maximum atomic E-state index is 12.5. The van der Waals surface area contributed by atoms with Crippen LogP contribution in [-0.2, 0) is 0 Å². The van der Waals surface area contributed by atoms with Gasteiger partial charge in [0.15, 0.2) is 11.5 Å². The molecular formula is C19H15ClN4O3. The van der Waals surface area contributed by atoms with E-state index in [1.165, 1.54) is 6.20 Å². The minimum atomic E-state index is -0.353. The number of amides is 1. The number of nitrogens with zero attached hydrogens (tertiary/aromatic N) is 2. The van der Waals surface area contributed by atoms with Gasteiger partial charge < -0.3 is 20.1 Å². The van der Waals surface area contributed by atoms with Crippen LogP contribution in [0, 0.1) is 0 Å². The quantitative estimate of drug-likeness (QED) is 0.711. The van der Waals surface area contributed by atoms with Crippen molar-refractivity contribution in [2.24, 2.45) is 0 Å². The van der Waals surface area contributed by atoms with Crippen LogP contribution in [0.5, 0.6) is 11.5 Å². The summed E-state index contributed by atoms with van der Waals surface area (Å²) in [4.78, 5) is 20.9. The molecule has 3 aromatic rings. The zero-order valence-electron chi connectivity index (χ0n) is 14.1. The van der Waals surface area contributed by atoms with Gasteiger partial charge in [-0.05, 0) is 42.5 Å². The molecule has 0 atom stereocenters. The van der Waals surface area contributed by atoms with E-state index in [0.717, 1.165) is 5.69 Å². The van der Waals surface area contributed by atoms with Gasteiger partial charge in [-0.3, -0.25) is 4.79 Å². The van der Waals surface area contributed by atoms with Crippen molar-refractivity contribution in [1.82, 2.24) is 9.97 Å². The molecule has 0 saturated carbocycles. The second kappa shape index (κ2) is 7.51. The first kappa shape index (κ1) is 17.1. The minimum absolute atomic E-state index is 0.233. The summed E-state index contributed by atoms with van der Waals surface area (Å²) in [5.74, 6) is 1.22. The van der Waals surface area contributed by atoms with Crippen LogP contribution in [0.4, 0.5) is 17.3 Å². The topological polar surface area (TPSA) is 85.4 Å². The van der Waals surface area contributed by atoms with Crippen molar-refractivity contribution in [2.75, 3.05) is 23.8 Å². The number of rotatable bonds is 4. The summed E-state index contributed by atoms with van der Waals surface area (Å²) in [6.07, 6.45) is 1.52. The highest BCUT2D eigenvalue weighted by Gasteiger charge is 2.14. The summed E-state index contributed by atoms with van der Waals surface area (Å²) >= 11 is 5.87. The zero-order valence-corrected chi connectivity index (χ0v) is 14.9. The van der Waals surface area contributed by atoms with Crippen LogP contribution in [0.3, 0.4) is 0 Å². The monoisotopic (exact) mass is 382 g/mol. The van der Waals surface area contributed by atoms with Gasteiger partial charge in [-0.2, -0.15) is 0 Å². The molecule has 1 aliphatic heterocycles. The van der Waals surface area contributed by atoms with Crippen molar-refractivity contribution < 1.29 is 14.3 Å². The third-order valence-corrected chi connectivity index (χ3v) is 4.04. The molecule has 1 amide bonds. The van der Waals surface area contributed by atoms with E-state index in [-0.39, 0.29) is 11.6 Å². The smallest absolute Gasteiger partial charge is 0.274 e. The van der Waals surface area contributed by atoms with E-state index in [1.54, 1.807) is 48.5 Å². The van der Waals surface area contributed by atoms with Crippen LogP contribution in [-0.4, -0.2) is 29.1 Å². The lowest BCUT2D eigenvalue weighted by molar-refractivity contribution is 0.102. The fraction of sp³-hybridized carbons (Fsp3) is 0.105. The van der Waals surface area contributed by atoms with Crippen molar-refractivity contribution in [1.29, 1.82) is 0 Å². The standard InChI is InChI=1S/C19H15ClN4O3/c20-12-1-3-13(4-2-12)23-19-21-8-7-15(24-19)18(25)22-14-5-6-16-17(11-14)27-10-9-26-16/h1-8,11H,9-10H2,(H,22,25)(H,21,23,24). The maximum Gasteiger partial charge on any atom is 0.274 e. The van der Waals surface area contributed by atoms with Crippen LogP contribution in [0.15, 0.2) is 54.7 Å². The fourth-order valence-corrected chi connectivity index (χ4v) is 2.65. The lowest BCUT2D eigenvalue weighted by Crippen LogP contribution is -2.17. The first-order valence-electron chi connectivity index (χ1n) is 8.24. The predicted octanol–water partition coefficient (Wildman–Crippen LogP) is 3.90. The number of fused-ring (bicyclic) bond motifs is 1. The van der Waals surface area contributed by atoms with Crippen molar-refractivity contribution in [2.45, 2.75) is 0 Å². The fourth-order valence-electron chi connectivity index (χ4n) is 2.52. The molecule has 0 saturated heterocycles. The Balaban J connectivity index is 1.48. The number of carbonyl (C=O) groups excluding carboxylic acids is 1. The summed E-state index contributed by atoms with van der Waals surface area (Å²) in [5.41, 5.74) is 1.59. The molecule has 2 aromatic carbocycles. The number of hydrogen-bond acceptors (Lipinski definition) is 6. The van der Waals surface area contributed by atoms with Crippen molar-refractivity contribution in [3.63, 3.8) is 0 Å². The number of ether oxygens (including phenoxy) is 2. The molecule has 0 unspecified atom stereocenters. The van der Waals surface area contributed by atoms with Gasteiger partial charge in [0.1, 0.15) is 18.9 Å². The Morgan fingerprint density at radius 1 is 0.963 bits per heavy atom. The molecular weight excluding hydrogens is 368 g/mol. The van der Waals surface area contributed by atoms with Gasteiger partial charge in [0.2, 0.25) is 5.95 Å². The molecule has 4 rings (SSSR count). The van der Waals surface area contributed by atoms with Gasteiger partial charge in [0.25, 0.3) is 5.91 Å². The molecule has 2 heterocycles. The van der Waals surface area contributed by atoms with Crippen molar-refractivity contribution >= 4 is 34.8 Å². The molecule has 1 aromatic heterocycles. The van der Waals surface area contributed by atoms with Gasteiger partial charge in [-0.25, -0.2) is 9.97 Å². The zero-order chi connectivity index (χ0) is 18.6. The minimum Gasteiger partial charge on any atom is -0.486 e. The normalized spacial score (nSPS) is 12.3. The number of benzene rings is 2. The summed E-state index contributed by atoms with van der Waals surface area (Å²) in [5, 5.41) is 6.46. The first-order chi connectivity index (χ1) is 13.2. The molecule has 27 heavy (non-hydrogen) atoms. The van der Waals surface area contributed by atoms with Gasteiger partial charge in [0, 0.05) is 28.7 Å². The number of hydrogen-bond donors (Lipinski definition) is 2. The molecule has 8 heteroatoms. The highest BCUT2D eigenvalue weighted by molar-refractivity contribution is 6.30. The van der Waals surface area contributed by atoms with Gasteiger partial charge >= 0.3 is 0 Å². The molecule has 0 spiro atoms. The Hall–Kier alpha value is -3.32. The largest absolute Gasteiger partial charge is 0.486 e. The third kappa shape index (κ3) is 4.09. The molecule has 0 aliphatic carbocycles. The Kier molecular flexibility index (Phi) is 4.76. The molecule has 1 aliphatic rings. The summed E-state index contributed by atoms with van der Waals surface area (Å²) in [6, 6.07) is 13.9. The van der Waals surface area contributed by atoms with Crippen LogP contribution < -0.4 is 20.1 Å². The number of nitrogens with one attached hydrogen (secondary N) is 2. The van der Waals surface area contributed by atoms with Crippen LogP contribution >= 0.6 is 11.6 Å². The number of anilines is 3. The van der Waals surface area contributed by atoms with E-state index in [4.69, 9.17) is 21.1 Å². The average molecular weight is 383 g/mol. The lowest BCUT2D eigenvalue weighted by Gasteiger charge is -2.19. The van der Waals surface area contributed by atoms with Gasteiger partial charge in [-0.1, -0.05) is 11.6 Å². The Bertz CT molecular complexity index is 979. The van der Waals surface area contributed by atoms with E-state index in [1.807, 2.05) is 0 Å². The van der Waals surface area contributed by atoms with Crippen LogP contribution in [0.25, 0.3) is 0 Å². The molecule has 7 nitrogen and oxygen atoms in total. The Morgan fingerprint density at radius 3 is 2.52 bits per heavy atom. The van der Waals surface area contributed by atoms with E-state index in [9.17, 15) is 4.79 Å². The van der Waals surface area contributed by atoms with E-state index in [2.05, 4.69) is 20.6 Å². The van der Waals surface area contributed by atoms with Gasteiger partial charge in [0.05, 0.1) is 0 Å². The average Bonchev–Trinajstić information content (AvgIpc) is 2.70. The van der Waals surface area contributed by atoms with E-state index >= 15 is 0 Å². The molecule has 2 N–H and O–H groups in total. The summed E-state index contributed by atoms with van der Waals surface area (Å²) < 4.78 is 11.0. The summed E-state index contributed by atoms with van der Waals surface area (Å²) in [7, 11) is 0. The second-order valence-electron chi connectivity index (χ2n) is 5.71. The SMILES string of the molecule is O=C(Nc1ccc2c(c1)OCCO2)c1ccnc(Nc2ccc(Cl)cc2)n1. The Labute approximate surface area is 160 Å². The van der Waals surface area contributed by atoms with E-state index < -0.39 is 0 Å². The number of halogens is 1. The third-order valence-electron chi connectivity index (χ3n) is 3.79. The second-order valence-corrected chi connectivity index (χ2v) is 6.15. The molecule has 0 fully saturated rings. The predicted molar refractivity (Wildman–Crippen MR) is 102 cm³/mol. The highest BCUT2D eigenvalue weighted by atomic mass is 35.5. The molecule has 0 radical (unpaired) electrons. The number of carbonyl (C=O) groups is 1. The first-order valence-corrected chi connectivity index (χ1v) is 8.62. The molecule has 0 bridgehead atoms. The maximum absolute atomic E-state index is 12.5. The van der Waals surface area contributed by atoms with Gasteiger partial charge in [-0.15, -0.1) is 0 Å².